The summed E-state index contributed by atoms with van der Waals surface area (Å²) in [6, 6.07) is 0. The average Bonchev–Trinajstić information content (AvgIpc) is 3.26. The third-order valence-corrected chi connectivity index (χ3v) is 12.8. The molecule has 6 heteroatoms. The first kappa shape index (κ1) is 60.4. The van der Waals surface area contributed by atoms with Crippen molar-refractivity contribution in [3.8, 4) is 0 Å². The molecule has 0 saturated heterocycles. The minimum absolute atomic E-state index is 0.0624. The smallest absolute Gasteiger partial charge is 0.306 e. The summed E-state index contributed by atoms with van der Waals surface area (Å²) in [6.07, 6.45) is 53.8. The van der Waals surface area contributed by atoms with Crippen LogP contribution >= 0.6 is 0 Å². The van der Waals surface area contributed by atoms with Gasteiger partial charge in [0.2, 0.25) is 0 Å². The Balaban J connectivity index is 4.25. The van der Waals surface area contributed by atoms with Crippen LogP contribution in [0.25, 0.3) is 0 Å². The number of rotatable bonds is 51. The molecule has 0 rings (SSSR count). The lowest BCUT2D eigenvalue weighted by molar-refractivity contribution is -0.167. The molecule has 0 aromatic heterocycles. The maximum atomic E-state index is 12.8. The highest BCUT2D eigenvalue weighted by Crippen LogP contribution is 2.18. The molecule has 1 atom stereocenters. The van der Waals surface area contributed by atoms with Gasteiger partial charge in [0.1, 0.15) is 13.2 Å². The number of unbranched alkanes of at least 4 members (excludes halogenated alkanes) is 38. The van der Waals surface area contributed by atoms with E-state index in [2.05, 4.69) is 27.7 Å². The van der Waals surface area contributed by atoms with E-state index in [1.54, 1.807) is 0 Å². The Kier molecular flexibility index (Phi) is 49.1. The molecule has 0 aliphatic heterocycles. The maximum Gasteiger partial charge on any atom is 0.306 e. The minimum atomic E-state index is -0.761. The van der Waals surface area contributed by atoms with Gasteiger partial charge in [0.25, 0.3) is 0 Å². The first-order chi connectivity index (χ1) is 30.4. The average molecular weight is 877 g/mol. The van der Waals surface area contributed by atoms with E-state index in [9.17, 15) is 14.4 Å². The normalized spacial score (nSPS) is 12.0. The summed E-state index contributed by atoms with van der Waals surface area (Å²) >= 11 is 0. The standard InChI is InChI=1S/C56H108O6/c1-5-7-9-11-13-15-17-19-20-21-22-23-24-25-27-31-35-39-43-47-54(57)60-50-53(62-56(59)49-45-41-37-33-26-18-16-14-12-10-8-6-2)51-61-55(58)48-44-40-36-32-29-28-30-34-38-42-46-52(3)4/h52-53H,5-51H2,1-4H3/t53-/m0/s1. The number of ether oxygens (including phenoxy) is 3. The van der Waals surface area contributed by atoms with Crippen LogP contribution in [0.15, 0.2) is 0 Å². The largest absolute Gasteiger partial charge is 0.462 e. The van der Waals surface area contributed by atoms with Crippen molar-refractivity contribution in [2.24, 2.45) is 5.92 Å². The molecule has 62 heavy (non-hydrogen) atoms. The highest BCUT2D eigenvalue weighted by atomic mass is 16.6. The van der Waals surface area contributed by atoms with Crippen LogP contribution in [0.1, 0.15) is 317 Å². The monoisotopic (exact) mass is 877 g/mol. The lowest BCUT2D eigenvalue weighted by Gasteiger charge is -2.18. The predicted molar refractivity (Wildman–Crippen MR) is 266 cm³/mol. The van der Waals surface area contributed by atoms with Gasteiger partial charge in [-0.25, -0.2) is 0 Å². The van der Waals surface area contributed by atoms with Gasteiger partial charge in [-0.1, -0.05) is 278 Å². The summed E-state index contributed by atoms with van der Waals surface area (Å²) in [4.78, 5) is 38.0. The summed E-state index contributed by atoms with van der Waals surface area (Å²) in [6.45, 7) is 9.03. The van der Waals surface area contributed by atoms with Gasteiger partial charge >= 0.3 is 17.9 Å². The zero-order valence-corrected chi connectivity index (χ0v) is 42.3. The van der Waals surface area contributed by atoms with Gasteiger partial charge in [-0.2, -0.15) is 0 Å². The van der Waals surface area contributed by atoms with E-state index < -0.39 is 6.10 Å². The topological polar surface area (TPSA) is 78.9 Å². The van der Waals surface area contributed by atoms with Crippen LogP contribution in [0.3, 0.4) is 0 Å². The Morgan fingerprint density at radius 3 is 0.790 bits per heavy atom. The fourth-order valence-corrected chi connectivity index (χ4v) is 8.57. The van der Waals surface area contributed by atoms with Crippen LogP contribution in [0.5, 0.6) is 0 Å². The molecule has 0 heterocycles. The van der Waals surface area contributed by atoms with E-state index in [0.717, 1.165) is 63.7 Å². The van der Waals surface area contributed by atoms with Gasteiger partial charge in [-0.3, -0.25) is 14.4 Å². The van der Waals surface area contributed by atoms with Crippen LogP contribution < -0.4 is 0 Å². The van der Waals surface area contributed by atoms with Crippen molar-refractivity contribution in [2.75, 3.05) is 13.2 Å². The van der Waals surface area contributed by atoms with Gasteiger partial charge < -0.3 is 14.2 Å². The summed E-state index contributed by atoms with van der Waals surface area (Å²) in [5.74, 6) is -0.0218. The highest BCUT2D eigenvalue weighted by Gasteiger charge is 2.19. The van der Waals surface area contributed by atoms with Gasteiger partial charge in [0.05, 0.1) is 0 Å². The molecule has 0 spiro atoms. The molecule has 0 unspecified atom stereocenters. The van der Waals surface area contributed by atoms with Gasteiger partial charge in [0.15, 0.2) is 6.10 Å². The van der Waals surface area contributed by atoms with Crippen molar-refractivity contribution in [2.45, 2.75) is 323 Å². The molecule has 0 bridgehead atoms. The summed E-state index contributed by atoms with van der Waals surface area (Å²) in [5.41, 5.74) is 0. The number of hydrogen-bond donors (Lipinski definition) is 0. The number of esters is 3. The molecule has 0 aromatic carbocycles. The molecule has 0 fully saturated rings. The van der Waals surface area contributed by atoms with Crippen LogP contribution in [-0.4, -0.2) is 37.2 Å². The lowest BCUT2D eigenvalue weighted by atomic mass is 10.0. The maximum absolute atomic E-state index is 12.8. The van der Waals surface area contributed by atoms with E-state index in [1.807, 2.05) is 0 Å². The van der Waals surface area contributed by atoms with Crippen molar-refractivity contribution >= 4 is 17.9 Å². The van der Waals surface area contributed by atoms with Crippen LogP contribution in [0.4, 0.5) is 0 Å². The number of carbonyl (C=O) groups excluding carboxylic acids is 3. The van der Waals surface area contributed by atoms with Crippen LogP contribution in [-0.2, 0) is 28.6 Å². The van der Waals surface area contributed by atoms with Crippen molar-refractivity contribution in [1.29, 1.82) is 0 Å². The predicted octanol–water partition coefficient (Wildman–Crippen LogP) is 18.2. The van der Waals surface area contributed by atoms with Crippen molar-refractivity contribution in [3.63, 3.8) is 0 Å². The highest BCUT2D eigenvalue weighted by molar-refractivity contribution is 5.71. The quantitative estimate of drug-likeness (QED) is 0.0344. The summed E-state index contributed by atoms with van der Waals surface area (Å²) in [5, 5.41) is 0. The minimum Gasteiger partial charge on any atom is -0.462 e. The summed E-state index contributed by atoms with van der Waals surface area (Å²) < 4.78 is 16.8. The Morgan fingerprint density at radius 1 is 0.306 bits per heavy atom. The van der Waals surface area contributed by atoms with E-state index >= 15 is 0 Å². The van der Waals surface area contributed by atoms with E-state index in [-0.39, 0.29) is 31.1 Å². The van der Waals surface area contributed by atoms with Gasteiger partial charge in [0, 0.05) is 19.3 Å². The van der Waals surface area contributed by atoms with Gasteiger partial charge in [-0.05, 0) is 25.2 Å². The molecule has 0 aliphatic carbocycles. The second-order valence-electron chi connectivity index (χ2n) is 19.7. The third kappa shape index (κ3) is 49.4. The molecule has 0 amide bonds. The van der Waals surface area contributed by atoms with Crippen molar-refractivity contribution < 1.29 is 28.6 Å². The van der Waals surface area contributed by atoms with Crippen molar-refractivity contribution in [3.05, 3.63) is 0 Å². The van der Waals surface area contributed by atoms with Crippen LogP contribution in [0, 0.1) is 5.92 Å². The SMILES string of the molecule is CCCCCCCCCCCCCCCCCCCCCC(=O)OC[C@@H](COC(=O)CCCCCCCCCCCCC(C)C)OC(=O)CCCCCCCCCCCCCC. The molecule has 368 valence electrons. The molecule has 0 saturated carbocycles. The fourth-order valence-electron chi connectivity index (χ4n) is 8.57. The molecule has 0 aromatic rings. The Hall–Kier alpha value is -1.59. The van der Waals surface area contributed by atoms with E-state index in [1.165, 1.54) is 212 Å². The molecule has 0 aliphatic rings. The number of carbonyl (C=O) groups is 3. The zero-order chi connectivity index (χ0) is 45.2. The Bertz CT molecular complexity index is 933. The lowest BCUT2D eigenvalue weighted by Crippen LogP contribution is -2.30. The molecular formula is C56H108O6. The Morgan fingerprint density at radius 2 is 0.532 bits per heavy atom. The van der Waals surface area contributed by atoms with Crippen molar-refractivity contribution in [1.82, 2.24) is 0 Å². The first-order valence-corrected chi connectivity index (χ1v) is 27.9. The van der Waals surface area contributed by atoms with E-state index in [4.69, 9.17) is 14.2 Å². The third-order valence-electron chi connectivity index (χ3n) is 12.8. The molecule has 6 nitrogen and oxygen atoms in total. The number of hydrogen-bond acceptors (Lipinski definition) is 6. The Labute approximate surface area is 387 Å². The molecule has 0 N–H and O–H groups in total. The first-order valence-electron chi connectivity index (χ1n) is 27.9. The van der Waals surface area contributed by atoms with E-state index in [0.29, 0.717) is 19.3 Å². The zero-order valence-electron chi connectivity index (χ0n) is 42.3. The second-order valence-corrected chi connectivity index (χ2v) is 19.7. The summed E-state index contributed by atoms with van der Waals surface area (Å²) in [7, 11) is 0. The fraction of sp³-hybridized carbons (Fsp3) is 0.946. The van der Waals surface area contributed by atoms with Crippen LogP contribution in [0.2, 0.25) is 0 Å². The molecule has 0 radical (unpaired) electrons. The van der Waals surface area contributed by atoms with Gasteiger partial charge in [-0.15, -0.1) is 0 Å². The second kappa shape index (κ2) is 50.4. The molecular weight excluding hydrogens is 769 g/mol.